The SMILES string of the molecule is Cc1nc2c([nH]1)c(=O)n(C)c(=O)n2CC(C)C.Cc1nc2c([nH]1)c(=S)n(C)c(=O)n2CC(C)C. The summed E-state index contributed by atoms with van der Waals surface area (Å²) in [7, 11) is 3.17. The molecule has 0 bridgehead atoms. The quantitative estimate of drug-likeness (QED) is 0.424. The summed E-state index contributed by atoms with van der Waals surface area (Å²) in [6.07, 6.45) is 0. The minimum absolute atomic E-state index is 0.109. The molecule has 0 atom stereocenters. The topological polar surface area (TPSA) is 128 Å². The number of fused-ring (bicyclic) bond motifs is 2. The van der Waals surface area contributed by atoms with Crippen molar-refractivity contribution in [3.8, 4) is 0 Å². The van der Waals surface area contributed by atoms with Crippen molar-refractivity contribution >= 4 is 34.5 Å². The molecule has 0 radical (unpaired) electrons. The van der Waals surface area contributed by atoms with Gasteiger partial charge in [-0.2, -0.15) is 0 Å². The Morgan fingerprint density at radius 3 is 1.65 bits per heavy atom. The molecule has 0 aliphatic heterocycles. The normalized spacial score (nSPS) is 11.6. The van der Waals surface area contributed by atoms with Gasteiger partial charge in [0.1, 0.15) is 27.3 Å². The first kappa shape index (κ1) is 25.3. The average Bonchev–Trinajstić information content (AvgIpc) is 3.34. The number of aromatic nitrogens is 8. The largest absolute Gasteiger partial charge is 0.338 e. The first-order chi connectivity index (χ1) is 15.8. The van der Waals surface area contributed by atoms with E-state index in [0.717, 1.165) is 15.9 Å². The van der Waals surface area contributed by atoms with E-state index >= 15 is 0 Å². The van der Waals surface area contributed by atoms with Gasteiger partial charge in [0.15, 0.2) is 11.3 Å². The predicted molar refractivity (Wildman–Crippen MR) is 135 cm³/mol. The molecule has 0 aliphatic rings. The van der Waals surface area contributed by atoms with E-state index in [0.29, 0.717) is 52.2 Å². The van der Waals surface area contributed by atoms with Crippen LogP contribution in [-0.4, -0.2) is 38.2 Å². The maximum absolute atomic E-state index is 12.2. The van der Waals surface area contributed by atoms with Crippen molar-refractivity contribution in [2.45, 2.75) is 54.6 Å². The molecule has 12 heteroatoms. The Balaban J connectivity index is 0.000000191. The number of imidazole rings is 2. The Labute approximate surface area is 201 Å². The van der Waals surface area contributed by atoms with Crippen molar-refractivity contribution in [3.05, 3.63) is 47.6 Å². The maximum atomic E-state index is 12.2. The van der Waals surface area contributed by atoms with E-state index in [2.05, 4.69) is 33.8 Å². The molecule has 0 saturated carbocycles. The molecule has 0 fully saturated rings. The van der Waals surface area contributed by atoms with Crippen LogP contribution in [0.5, 0.6) is 0 Å². The highest BCUT2D eigenvalue weighted by Gasteiger charge is 2.15. The van der Waals surface area contributed by atoms with Gasteiger partial charge in [0.25, 0.3) is 5.56 Å². The maximum Gasteiger partial charge on any atom is 0.332 e. The van der Waals surface area contributed by atoms with Crippen LogP contribution in [0.1, 0.15) is 39.3 Å². The standard InChI is InChI=1S/C11H16N4O2.C11H16N4OS/c1-6(2)5-15-9-8(12-7(3)13-9)10(16)14(4)11(15)17;1-6(2)5-15-9-8(12-7(3)13-9)10(17)14(4)11(15)16/h2*6H,5H2,1-4H3,(H,12,13). The number of rotatable bonds is 4. The zero-order valence-corrected chi connectivity index (χ0v) is 21.7. The highest BCUT2D eigenvalue weighted by atomic mass is 32.1. The lowest BCUT2D eigenvalue weighted by Crippen LogP contribution is -2.38. The van der Waals surface area contributed by atoms with Crippen LogP contribution in [-0.2, 0) is 27.2 Å². The molecule has 0 unspecified atom stereocenters. The summed E-state index contributed by atoms with van der Waals surface area (Å²) >= 11 is 5.25. The zero-order valence-electron chi connectivity index (χ0n) is 20.9. The number of H-pyrrole nitrogens is 2. The smallest absolute Gasteiger partial charge is 0.332 e. The average molecular weight is 489 g/mol. The van der Waals surface area contributed by atoms with Crippen LogP contribution in [0.3, 0.4) is 0 Å². The summed E-state index contributed by atoms with van der Waals surface area (Å²) in [5, 5.41) is 0. The number of nitrogens with zero attached hydrogens (tertiary/aromatic N) is 6. The van der Waals surface area contributed by atoms with Gasteiger partial charge in [-0.15, -0.1) is 0 Å². The summed E-state index contributed by atoms with van der Waals surface area (Å²) in [5.74, 6) is 2.10. The van der Waals surface area contributed by atoms with Gasteiger partial charge in [-0.25, -0.2) is 19.6 Å². The molecule has 4 heterocycles. The van der Waals surface area contributed by atoms with Crippen LogP contribution in [0, 0.1) is 30.3 Å². The van der Waals surface area contributed by atoms with Crippen molar-refractivity contribution in [2.75, 3.05) is 0 Å². The summed E-state index contributed by atoms with van der Waals surface area (Å²) in [5.41, 5.74) is 1.51. The summed E-state index contributed by atoms with van der Waals surface area (Å²) in [4.78, 5) is 50.6. The van der Waals surface area contributed by atoms with Gasteiger partial charge in [-0.3, -0.25) is 23.1 Å². The Kier molecular flexibility index (Phi) is 7.10. The predicted octanol–water partition coefficient (Wildman–Crippen LogP) is 2.14. The Bertz CT molecular complexity index is 1470. The van der Waals surface area contributed by atoms with Gasteiger partial charge in [-0.05, 0) is 25.7 Å². The fraction of sp³-hybridized carbons (Fsp3) is 0.545. The molecule has 0 amide bonds. The number of nitrogens with one attached hydrogen (secondary N) is 2. The second-order valence-electron chi connectivity index (χ2n) is 9.34. The van der Waals surface area contributed by atoms with Crippen molar-refractivity contribution in [2.24, 2.45) is 25.9 Å². The number of hydrogen-bond donors (Lipinski definition) is 2. The lowest BCUT2D eigenvalue weighted by molar-refractivity contribution is 0.500. The highest BCUT2D eigenvalue weighted by Crippen LogP contribution is 2.12. The minimum Gasteiger partial charge on any atom is -0.338 e. The van der Waals surface area contributed by atoms with Crippen molar-refractivity contribution in [1.82, 2.24) is 38.2 Å². The Morgan fingerprint density at radius 1 is 0.765 bits per heavy atom. The Hall–Kier alpha value is -3.28. The number of hydrogen-bond acceptors (Lipinski definition) is 6. The molecule has 0 saturated heterocycles. The third-order valence-electron chi connectivity index (χ3n) is 5.29. The van der Waals surface area contributed by atoms with Crippen molar-refractivity contribution in [1.29, 1.82) is 0 Å². The second kappa shape index (κ2) is 9.53. The van der Waals surface area contributed by atoms with Gasteiger partial charge >= 0.3 is 11.4 Å². The highest BCUT2D eigenvalue weighted by molar-refractivity contribution is 7.71. The first-order valence-corrected chi connectivity index (χ1v) is 11.6. The molecule has 4 aromatic rings. The molecular weight excluding hydrogens is 456 g/mol. The second-order valence-corrected chi connectivity index (χ2v) is 9.73. The number of aryl methyl sites for hydroxylation is 2. The summed E-state index contributed by atoms with van der Waals surface area (Å²) in [6, 6.07) is 0. The fourth-order valence-electron chi connectivity index (χ4n) is 3.76. The molecule has 0 aliphatic carbocycles. The summed E-state index contributed by atoms with van der Waals surface area (Å²) in [6.45, 7) is 13.0. The molecule has 0 spiro atoms. The van der Waals surface area contributed by atoms with Crippen molar-refractivity contribution < 1.29 is 0 Å². The van der Waals surface area contributed by atoms with Crippen LogP contribution in [0.15, 0.2) is 14.4 Å². The third kappa shape index (κ3) is 4.67. The number of aromatic amines is 2. The molecule has 184 valence electrons. The zero-order chi connectivity index (χ0) is 25.5. The lowest BCUT2D eigenvalue weighted by atomic mass is 10.2. The van der Waals surface area contributed by atoms with Crippen LogP contribution in [0.4, 0.5) is 0 Å². The Morgan fingerprint density at radius 2 is 1.18 bits per heavy atom. The van der Waals surface area contributed by atoms with Crippen LogP contribution < -0.4 is 16.9 Å². The van der Waals surface area contributed by atoms with E-state index in [-0.39, 0.29) is 16.9 Å². The van der Waals surface area contributed by atoms with E-state index in [1.54, 1.807) is 23.1 Å². The van der Waals surface area contributed by atoms with Crippen LogP contribution in [0.25, 0.3) is 22.3 Å². The molecule has 2 N–H and O–H groups in total. The summed E-state index contributed by atoms with van der Waals surface area (Å²) < 4.78 is 6.33. The van der Waals surface area contributed by atoms with E-state index in [4.69, 9.17) is 12.2 Å². The van der Waals surface area contributed by atoms with E-state index in [1.807, 2.05) is 20.8 Å². The minimum atomic E-state index is -0.328. The molecule has 4 rings (SSSR count). The van der Waals surface area contributed by atoms with E-state index in [1.165, 1.54) is 11.6 Å². The van der Waals surface area contributed by atoms with Crippen LogP contribution >= 0.6 is 12.2 Å². The van der Waals surface area contributed by atoms with Crippen LogP contribution in [0.2, 0.25) is 0 Å². The van der Waals surface area contributed by atoms with E-state index in [9.17, 15) is 14.4 Å². The fourth-order valence-corrected chi connectivity index (χ4v) is 3.98. The molecule has 4 aromatic heterocycles. The van der Waals surface area contributed by atoms with Gasteiger partial charge in [-0.1, -0.05) is 39.9 Å². The lowest BCUT2D eigenvalue weighted by Gasteiger charge is -2.11. The third-order valence-corrected chi connectivity index (χ3v) is 5.76. The van der Waals surface area contributed by atoms with Gasteiger partial charge in [0, 0.05) is 27.2 Å². The van der Waals surface area contributed by atoms with E-state index < -0.39 is 0 Å². The van der Waals surface area contributed by atoms with Gasteiger partial charge in [0.2, 0.25) is 0 Å². The molecular formula is C22H32N8O3S. The van der Waals surface area contributed by atoms with Crippen molar-refractivity contribution in [3.63, 3.8) is 0 Å². The monoisotopic (exact) mass is 488 g/mol. The first-order valence-electron chi connectivity index (χ1n) is 11.2. The molecule has 0 aromatic carbocycles. The van der Waals surface area contributed by atoms with Gasteiger partial charge in [0.05, 0.1) is 0 Å². The van der Waals surface area contributed by atoms with Gasteiger partial charge < -0.3 is 9.97 Å². The molecule has 11 nitrogen and oxygen atoms in total. The molecule has 34 heavy (non-hydrogen) atoms.